The zero-order chi connectivity index (χ0) is 19.2. The number of thiophene rings is 1. The molecule has 0 fully saturated rings. The zero-order valence-corrected chi connectivity index (χ0v) is 16.2. The van der Waals surface area contributed by atoms with Gasteiger partial charge in [-0.3, -0.25) is 9.59 Å². The third-order valence-electron chi connectivity index (χ3n) is 4.18. The molecule has 0 bridgehead atoms. The molecule has 0 aliphatic carbocycles. The van der Waals surface area contributed by atoms with E-state index in [4.69, 9.17) is 0 Å². The highest BCUT2D eigenvalue weighted by molar-refractivity contribution is 7.15. The van der Waals surface area contributed by atoms with Crippen LogP contribution < -0.4 is 10.6 Å². The molecule has 2 amide bonds. The highest BCUT2D eigenvalue weighted by atomic mass is 32.1. The summed E-state index contributed by atoms with van der Waals surface area (Å²) >= 11 is 1.37. The van der Waals surface area contributed by atoms with Crippen molar-refractivity contribution in [2.75, 3.05) is 11.9 Å². The highest BCUT2D eigenvalue weighted by Gasteiger charge is 2.21. The number of anilines is 1. The van der Waals surface area contributed by atoms with Gasteiger partial charge in [0, 0.05) is 23.1 Å². The number of aryl methyl sites for hydroxylation is 1. The standard InChI is InChI=1S/C22H22N2O2S/c1-3-13-23-21(26)19-18(16-7-5-4-6-8-16)14-27-22(19)24-20(25)17-11-9-15(2)10-12-17/h4-12,14H,3,13H2,1-2H3,(H,23,26)(H,24,25). The van der Waals surface area contributed by atoms with Crippen LogP contribution in [0.3, 0.4) is 0 Å². The Balaban J connectivity index is 1.94. The summed E-state index contributed by atoms with van der Waals surface area (Å²) in [5.74, 6) is -0.392. The number of carbonyl (C=O) groups excluding carboxylic acids is 2. The number of benzene rings is 2. The Morgan fingerprint density at radius 3 is 2.33 bits per heavy atom. The second kappa shape index (κ2) is 8.64. The van der Waals surface area contributed by atoms with Gasteiger partial charge in [0.1, 0.15) is 5.00 Å². The van der Waals surface area contributed by atoms with E-state index in [1.165, 1.54) is 11.3 Å². The fourth-order valence-corrected chi connectivity index (χ4v) is 3.67. The Kier molecular flexibility index (Phi) is 6.04. The van der Waals surface area contributed by atoms with Gasteiger partial charge in [0.25, 0.3) is 11.8 Å². The molecule has 0 spiro atoms. The topological polar surface area (TPSA) is 58.2 Å². The summed E-state index contributed by atoms with van der Waals surface area (Å²) in [5.41, 5.74) is 3.95. The van der Waals surface area contributed by atoms with E-state index >= 15 is 0 Å². The first kappa shape index (κ1) is 18.9. The first-order valence-electron chi connectivity index (χ1n) is 8.93. The molecule has 1 heterocycles. The van der Waals surface area contributed by atoms with Gasteiger partial charge in [-0.05, 0) is 31.0 Å². The maximum Gasteiger partial charge on any atom is 0.256 e. The van der Waals surface area contributed by atoms with E-state index in [9.17, 15) is 9.59 Å². The van der Waals surface area contributed by atoms with Crippen LogP contribution >= 0.6 is 11.3 Å². The van der Waals surface area contributed by atoms with E-state index in [0.717, 1.165) is 23.1 Å². The van der Waals surface area contributed by atoms with Crippen LogP contribution in [0.25, 0.3) is 11.1 Å². The summed E-state index contributed by atoms with van der Waals surface area (Å²) in [6.07, 6.45) is 0.849. The molecule has 0 unspecified atom stereocenters. The quantitative estimate of drug-likeness (QED) is 0.626. The zero-order valence-electron chi connectivity index (χ0n) is 15.4. The first-order chi connectivity index (χ1) is 13.1. The number of hydrogen-bond donors (Lipinski definition) is 2. The molecule has 138 valence electrons. The van der Waals surface area contributed by atoms with Crippen molar-refractivity contribution < 1.29 is 9.59 Å². The van der Waals surface area contributed by atoms with Crippen molar-refractivity contribution in [2.45, 2.75) is 20.3 Å². The number of rotatable bonds is 6. The maximum atomic E-state index is 12.8. The Labute approximate surface area is 163 Å². The predicted octanol–water partition coefficient (Wildman–Crippen LogP) is 5.12. The van der Waals surface area contributed by atoms with Crippen LogP contribution in [0.5, 0.6) is 0 Å². The van der Waals surface area contributed by atoms with E-state index in [2.05, 4.69) is 10.6 Å². The second-order valence-corrected chi connectivity index (χ2v) is 7.18. The van der Waals surface area contributed by atoms with Crippen molar-refractivity contribution in [3.63, 3.8) is 0 Å². The van der Waals surface area contributed by atoms with Gasteiger partial charge in [-0.15, -0.1) is 11.3 Å². The Morgan fingerprint density at radius 2 is 1.67 bits per heavy atom. The van der Waals surface area contributed by atoms with Crippen molar-refractivity contribution in [1.82, 2.24) is 5.32 Å². The largest absolute Gasteiger partial charge is 0.352 e. The predicted molar refractivity (Wildman–Crippen MR) is 112 cm³/mol. The van der Waals surface area contributed by atoms with Crippen molar-refractivity contribution in [3.05, 3.63) is 76.7 Å². The van der Waals surface area contributed by atoms with Crippen LogP contribution in [0.1, 0.15) is 39.6 Å². The molecule has 3 rings (SSSR count). The third-order valence-corrected chi connectivity index (χ3v) is 5.07. The number of carbonyl (C=O) groups is 2. The fourth-order valence-electron chi connectivity index (χ4n) is 2.71. The van der Waals surface area contributed by atoms with Crippen LogP contribution in [-0.4, -0.2) is 18.4 Å². The molecular weight excluding hydrogens is 356 g/mol. The second-order valence-electron chi connectivity index (χ2n) is 6.30. The Hall–Kier alpha value is -2.92. The van der Waals surface area contributed by atoms with E-state index < -0.39 is 0 Å². The number of nitrogens with one attached hydrogen (secondary N) is 2. The molecule has 2 N–H and O–H groups in total. The molecule has 0 atom stereocenters. The van der Waals surface area contributed by atoms with Crippen LogP contribution in [-0.2, 0) is 0 Å². The molecule has 3 aromatic rings. The molecule has 5 heteroatoms. The molecule has 0 aliphatic heterocycles. The van der Waals surface area contributed by atoms with Crippen molar-refractivity contribution in [2.24, 2.45) is 0 Å². The number of amides is 2. The lowest BCUT2D eigenvalue weighted by atomic mass is 10.0. The molecule has 1 aromatic heterocycles. The summed E-state index contributed by atoms with van der Waals surface area (Å²) < 4.78 is 0. The summed E-state index contributed by atoms with van der Waals surface area (Å²) in [4.78, 5) is 25.4. The molecule has 0 radical (unpaired) electrons. The van der Waals surface area contributed by atoms with E-state index in [1.807, 2.05) is 61.7 Å². The van der Waals surface area contributed by atoms with Crippen LogP contribution in [0.4, 0.5) is 5.00 Å². The molecule has 0 aliphatic rings. The SMILES string of the molecule is CCCNC(=O)c1c(-c2ccccc2)csc1NC(=O)c1ccc(C)cc1. The van der Waals surface area contributed by atoms with Crippen LogP contribution in [0.15, 0.2) is 60.0 Å². The van der Waals surface area contributed by atoms with Gasteiger partial charge in [0.2, 0.25) is 0 Å². The van der Waals surface area contributed by atoms with Gasteiger partial charge in [-0.2, -0.15) is 0 Å². The van der Waals surface area contributed by atoms with Crippen molar-refractivity contribution >= 4 is 28.2 Å². The minimum Gasteiger partial charge on any atom is -0.352 e. The summed E-state index contributed by atoms with van der Waals surface area (Å²) in [7, 11) is 0. The minimum absolute atomic E-state index is 0.170. The van der Waals surface area contributed by atoms with Crippen molar-refractivity contribution in [1.29, 1.82) is 0 Å². The first-order valence-corrected chi connectivity index (χ1v) is 9.81. The van der Waals surface area contributed by atoms with Crippen LogP contribution in [0.2, 0.25) is 0 Å². The molecule has 0 saturated heterocycles. The number of hydrogen-bond acceptors (Lipinski definition) is 3. The van der Waals surface area contributed by atoms with Gasteiger partial charge in [0.15, 0.2) is 0 Å². The Morgan fingerprint density at radius 1 is 0.963 bits per heavy atom. The lowest BCUT2D eigenvalue weighted by molar-refractivity contribution is 0.0955. The fraction of sp³-hybridized carbons (Fsp3) is 0.182. The highest BCUT2D eigenvalue weighted by Crippen LogP contribution is 2.35. The minimum atomic E-state index is -0.221. The molecule has 0 saturated carbocycles. The molecule has 2 aromatic carbocycles. The van der Waals surface area contributed by atoms with Gasteiger partial charge >= 0.3 is 0 Å². The van der Waals surface area contributed by atoms with E-state index in [0.29, 0.717) is 22.7 Å². The van der Waals surface area contributed by atoms with Gasteiger partial charge in [-0.25, -0.2) is 0 Å². The monoisotopic (exact) mass is 378 g/mol. The van der Waals surface area contributed by atoms with Gasteiger partial charge < -0.3 is 10.6 Å². The molecule has 4 nitrogen and oxygen atoms in total. The third kappa shape index (κ3) is 4.44. The average molecular weight is 378 g/mol. The van der Waals surface area contributed by atoms with Gasteiger partial charge in [-0.1, -0.05) is 55.0 Å². The maximum absolute atomic E-state index is 12.8. The lowest BCUT2D eigenvalue weighted by Crippen LogP contribution is -2.25. The van der Waals surface area contributed by atoms with Crippen LogP contribution in [0, 0.1) is 6.92 Å². The van der Waals surface area contributed by atoms with Crippen molar-refractivity contribution in [3.8, 4) is 11.1 Å². The summed E-state index contributed by atoms with van der Waals surface area (Å²) in [5, 5.41) is 8.32. The summed E-state index contributed by atoms with van der Waals surface area (Å²) in [6, 6.07) is 17.1. The lowest BCUT2D eigenvalue weighted by Gasteiger charge is -2.10. The van der Waals surface area contributed by atoms with E-state index in [-0.39, 0.29) is 11.8 Å². The average Bonchev–Trinajstić information content (AvgIpc) is 3.11. The smallest absolute Gasteiger partial charge is 0.256 e. The van der Waals surface area contributed by atoms with E-state index in [1.54, 1.807) is 12.1 Å². The molecule has 27 heavy (non-hydrogen) atoms. The molecular formula is C22H22N2O2S. The Bertz CT molecular complexity index is 931. The normalized spacial score (nSPS) is 10.4. The summed E-state index contributed by atoms with van der Waals surface area (Å²) in [6.45, 7) is 4.57. The van der Waals surface area contributed by atoms with Gasteiger partial charge in [0.05, 0.1) is 5.56 Å².